The van der Waals surface area contributed by atoms with Crippen LogP contribution in [0.4, 0.5) is 21.6 Å². The summed E-state index contributed by atoms with van der Waals surface area (Å²) in [6.45, 7) is 2.15. The third-order valence-corrected chi connectivity index (χ3v) is 13.1. The number of nitrogens with one attached hydrogen (secondary N) is 2. The summed E-state index contributed by atoms with van der Waals surface area (Å²) in [6.07, 6.45) is 0.684. The molecule has 1 fully saturated rings. The summed E-state index contributed by atoms with van der Waals surface area (Å²) in [5.74, 6) is -0.498. The largest absolute Gasteiger partial charge is 0.492 e. The van der Waals surface area contributed by atoms with E-state index >= 15 is 0 Å². The SMILES string of the molecule is CCOc1cc2ncnc(Nc3ccc(OCc4cccc(F)c4)c(Cl)c3)c2cc1NC(=O)CC1CCS(=O)(=O)S1(=O)=O. The molecule has 1 aliphatic heterocycles. The molecule has 2 N–H and O–H groups in total. The van der Waals surface area contributed by atoms with Gasteiger partial charge in [0.05, 0.1) is 33.8 Å². The van der Waals surface area contributed by atoms with Crippen LogP contribution in [0.5, 0.6) is 11.5 Å². The Labute approximate surface area is 251 Å². The van der Waals surface area contributed by atoms with Gasteiger partial charge in [0.1, 0.15) is 36.1 Å². The quantitative estimate of drug-likeness (QED) is 0.225. The van der Waals surface area contributed by atoms with Crippen LogP contribution in [-0.2, 0) is 29.1 Å². The van der Waals surface area contributed by atoms with Gasteiger partial charge in [-0.25, -0.2) is 31.2 Å². The minimum atomic E-state index is -4.46. The zero-order chi connectivity index (χ0) is 30.8. The number of rotatable bonds is 10. The van der Waals surface area contributed by atoms with Crippen molar-refractivity contribution in [2.45, 2.75) is 31.6 Å². The van der Waals surface area contributed by atoms with E-state index in [9.17, 15) is 26.0 Å². The minimum Gasteiger partial charge on any atom is -0.492 e. The first-order valence-corrected chi connectivity index (χ1v) is 17.2. The Balaban J connectivity index is 1.36. The molecule has 3 aromatic carbocycles. The molecule has 0 saturated carbocycles. The Hall–Kier alpha value is -4.01. The monoisotopic (exact) mass is 648 g/mol. The Kier molecular flexibility index (Phi) is 8.71. The van der Waals surface area contributed by atoms with Crippen LogP contribution >= 0.6 is 11.6 Å². The first-order valence-electron chi connectivity index (χ1n) is 13.1. The fraction of sp³-hybridized carbons (Fsp3) is 0.250. The molecule has 11 nitrogen and oxygen atoms in total. The van der Waals surface area contributed by atoms with Gasteiger partial charge < -0.3 is 20.1 Å². The van der Waals surface area contributed by atoms with Crippen molar-refractivity contribution in [3.63, 3.8) is 0 Å². The molecule has 1 aliphatic rings. The highest BCUT2D eigenvalue weighted by Crippen LogP contribution is 2.35. The van der Waals surface area contributed by atoms with Gasteiger partial charge in [-0.1, -0.05) is 23.7 Å². The number of hydrogen-bond donors (Lipinski definition) is 2. The van der Waals surface area contributed by atoms with Gasteiger partial charge in [0.2, 0.25) is 5.91 Å². The van der Waals surface area contributed by atoms with Crippen LogP contribution < -0.4 is 20.1 Å². The van der Waals surface area contributed by atoms with Gasteiger partial charge in [0, 0.05) is 23.6 Å². The highest BCUT2D eigenvalue weighted by atomic mass is 35.5. The molecule has 226 valence electrons. The summed E-state index contributed by atoms with van der Waals surface area (Å²) >= 11 is 6.44. The van der Waals surface area contributed by atoms with Crippen molar-refractivity contribution in [3.8, 4) is 11.5 Å². The van der Waals surface area contributed by atoms with E-state index in [0.29, 0.717) is 38.7 Å². The molecule has 5 rings (SSSR count). The highest BCUT2D eigenvalue weighted by Gasteiger charge is 2.45. The number of amides is 1. The average molecular weight is 649 g/mol. The molecule has 0 radical (unpaired) electrons. The van der Waals surface area contributed by atoms with E-state index in [4.69, 9.17) is 21.1 Å². The summed E-state index contributed by atoms with van der Waals surface area (Å²) < 4.78 is 73.1. The molecule has 43 heavy (non-hydrogen) atoms. The smallest absolute Gasteiger partial charge is 0.256 e. The number of aromatic nitrogens is 2. The summed E-state index contributed by atoms with van der Waals surface area (Å²) in [5, 5.41) is 5.30. The molecular formula is C28H26ClFN4O7S2. The lowest BCUT2D eigenvalue weighted by Gasteiger charge is -2.16. The number of hydrogen-bond acceptors (Lipinski definition) is 10. The van der Waals surface area contributed by atoms with Gasteiger partial charge in [-0.05, 0) is 55.3 Å². The lowest BCUT2D eigenvalue weighted by atomic mass is 10.1. The second-order valence-electron chi connectivity index (χ2n) is 9.63. The number of carbonyl (C=O) groups is 1. The molecular weight excluding hydrogens is 623 g/mol. The van der Waals surface area contributed by atoms with Crippen molar-refractivity contribution in [1.29, 1.82) is 0 Å². The fourth-order valence-electron chi connectivity index (χ4n) is 4.53. The molecule has 1 aromatic heterocycles. The molecule has 15 heteroatoms. The predicted octanol–water partition coefficient (Wildman–Crippen LogP) is 4.99. The van der Waals surface area contributed by atoms with E-state index in [1.807, 2.05) is 0 Å². The molecule has 0 aliphatic carbocycles. The van der Waals surface area contributed by atoms with Crippen molar-refractivity contribution in [2.24, 2.45) is 0 Å². The summed E-state index contributed by atoms with van der Waals surface area (Å²) in [7, 11) is -8.74. The van der Waals surface area contributed by atoms with Crippen LogP contribution in [0.3, 0.4) is 0 Å². The normalized spacial score (nSPS) is 17.0. The van der Waals surface area contributed by atoms with Crippen LogP contribution in [0, 0.1) is 5.82 Å². The van der Waals surface area contributed by atoms with Crippen LogP contribution in [0.1, 0.15) is 25.3 Å². The minimum absolute atomic E-state index is 0.125. The standard InChI is InChI=1S/C28H26ClFN4O7S2/c1-2-40-26-14-23-21(13-24(26)34-27(35)12-20-8-9-42(36,37)43(20,38)39)28(32-16-31-23)33-19-6-7-25(22(29)11-19)41-15-17-4-3-5-18(30)10-17/h3-7,10-11,13-14,16,20H,2,8-9,12,15H2,1H3,(H,34,35)(H,31,32,33). The summed E-state index contributed by atoms with van der Waals surface area (Å²) in [6, 6.07) is 14.2. The number of fused-ring (bicyclic) bond motifs is 1. The molecule has 1 atom stereocenters. The van der Waals surface area contributed by atoms with E-state index in [-0.39, 0.29) is 36.9 Å². The second kappa shape index (κ2) is 12.3. The number of ether oxygens (including phenoxy) is 2. The van der Waals surface area contributed by atoms with Crippen LogP contribution in [0.2, 0.25) is 5.02 Å². The maximum atomic E-state index is 13.5. The third-order valence-electron chi connectivity index (χ3n) is 6.65. The van der Waals surface area contributed by atoms with Gasteiger partial charge in [-0.3, -0.25) is 4.79 Å². The third kappa shape index (κ3) is 6.65. The maximum absolute atomic E-state index is 13.5. The Bertz CT molecular complexity index is 1920. The van der Waals surface area contributed by atoms with Crippen molar-refractivity contribution in [2.75, 3.05) is 23.0 Å². The van der Waals surface area contributed by atoms with E-state index in [0.717, 1.165) is 0 Å². The van der Waals surface area contributed by atoms with E-state index in [2.05, 4.69) is 20.6 Å². The Morgan fingerprint density at radius 3 is 2.56 bits per heavy atom. The van der Waals surface area contributed by atoms with Gasteiger partial charge >= 0.3 is 0 Å². The van der Waals surface area contributed by atoms with Gasteiger partial charge in [0.25, 0.3) is 17.7 Å². The zero-order valence-electron chi connectivity index (χ0n) is 22.7. The molecule has 0 spiro atoms. The first-order chi connectivity index (χ1) is 20.5. The van der Waals surface area contributed by atoms with E-state index in [1.165, 1.54) is 18.5 Å². The lowest BCUT2D eigenvalue weighted by Crippen LogP contribution is -2.25. The molecule has 1 unspecified atom stereocenters. The number of benzene rings is 3. The topological polar surface area (TPSA) is 154 Å². The molecule has 1 amide bonds. The average Bonchev–Trinajstić information content (AvgIpc) is 3.15. The van der Waals surface area contributed by atoms with Crippen LogP contribution in [-0.4, -0.2) is 50.3 Å². The first kappa shape index (κ1) is 30.4. The summed E-state index contributed by atoms with van der Waals surface area (Å²) in [4.78, 5) is 21.5. The van der Waals surface area contributed by atoms with Crippen molar-refractivity contribution in [3.05, 3.63) is 77.3 Å². The Morgan fingerprint density at radius 2 is 1.86 bits per heavy atom. The molecule has 2 heterocycles. The van der Waals surface area contributed by atoms with Gasteiger partial charge in [-0.15, -0.1) is 0 Å². The van der Waals surface area contributed by atoms with Gasteiger partial charge in [-0.2, -0.15) is 0 Å². The van der Waals surface area contributed by atoms with E-state index in [1.54, 1.807) is 49.4 Å². The van der Waals surface area contributed by atoms with E-state index < -0.39 is 41.1 Å². The van der Waals surface area contributed by atoms with Crippen LogP contribution in [0.15, 0.2) is 60.9 Å². The molecule has 4 aromatic rings. The number of carbonyl (C=O) groups excluding carboxylic acids is 1. The second-order valence-corrected chi connectivity index (χ2v) is 16.1. The zero-order valence-corrected chi connectivity index (χ0v) is 25.1. The number of anilines is 3. The van der Waals surface area contributed by atoms with Crippen molar-refractivity contribution >= 4 is 63.3 Å². The van der Waals surface area contributed by atoms with Gasteiger partial charge in [0.15, 0.2) is 0 Å². The maximum Gasteiger partial charge on any atom is 0.256 e. The van der Waals surface area contributed by atoms with Crippen LogP contribution in [0.25, 0.3) is 10.9 Å². The molecule has 0 bridgehead atoms. The fourth-order valence-corrected chi connectivity index (χ4v) is 9.62. The number of nitrogens with zero attached hydrogens (tertiary/aromatic N) is 2. The van der Waals surface area contributed by atoms with Crippen molar-refractivity contribution < 1.29 is 35.5 Å². The Morgan fingerprint density at radius 1 is 1.05 bits per heavy atom. The predicted molar refractivity (Wildman–Crippen MR) is 161 cm³/mol. The molecule has 1 saturated heterocycles. The number of halogens is 2. The van der Waals surface area contributed by atoms with Crippen molar-refractivity contribution in [1.82, 2.24) is 9.97 Å². The summed E-state index contributed by atoms with van der Waals surface area (Å²) in [5.41, 5.74) is 1.93. The highest BCUT2D eigenvalue weighted by molar-refractivity contribution is 8.67. The lowest BCUT2D eigenvalue weighted by molar-refractivity contribution is -0.116.